The van der Waals surface area contributed by atoms with Crippen LogP contribution in [0.2, 0.25) is 0 Å². The molecule has 0 saturated heterocycles. The third-order valence-electron chi connectivity index (χ3n) is 4.25. The molecule has 1 aromatic carbocycles. The molecule has 3 N–H and O–H groups in total. The maximum atomic E-state index is 12.5. The van der Waals surface area contributed by atoms with Crippen LogP contribution in [0.3, 0.4) is 0 Å². The molecule has 0 spiro atoms. The number of benzene rings is 1. The van der Waals surface area contributed by atoms with E-state index in [1.54, 1.807) is 12.1 Å². The molecule has 5 heteroatoms. The van der Waals surface area contributed by atoms with Crippen LogP contribution in [0.1, 0.15) is 45.1 Å². The van der Waals surface area contributed by atoms with Gasteiger partial charge < -0.3 is 11.1 Å². The van der Waals surface area contributed by atoms with Crippen molar-refractivity contribution in [2.24, 2.45) is 11.7 Å². The summed E-state index contributed by atoms with van der Waals surface area (Å²) < 4.78 is 0. The monoisotopic (exact) mass is 328 g/mol. The molecule has 0 saturated carbocycles. The minimum Gasteiger partial charge on any atom is -0.368 e. The Morgan fingerprint density at radius 3 is 2.74 bits per heavy atom. The van der Waals surface area contributed by atoms with Gasteiger partial charge in [0.05, 0.1) is 4.88 Å². The van der Waals surface area contributed by atoms with Gasteiger partial charge in [-0.05, 0) is 42.4 Å². The second-order valence-corrected chi connectivity index (χ2v) is 7.26. The van der Waals surface area contributed by atoms with Gasteiger partial charge in [-0.1, -0.05) is 37.3 Å². The first kappa shape index (κ1) is 15.7. The lowest BCUT2D eigenvalue weighted by Crippen LogP contribution is -2.37. The van der Waals surface area contributed by atoms with E-state index in [1.807, 2.05) is 24.3 Å². The predicted molar refractivity (Wildman–Crippen MR) is 91.4 cm³/mol. The summed E-state index contributed by atoms with van der Waals surface area (Å²) in [6.07, 6.45) is 3.23. The lowest BCUT2D eigenvalue weighted by Gasteiger charge is -2.16. The SMILES string of the molecule is CC1CCc2sc(C(=O)NC(C(N)=O)c3ccccc3)cc2C1. The van der Waals surface area contributed by atoms with E-state index < -0.39 is 11.9 Å². The number of hydrogen-bond donors (Lipinski definition) is 2. The molecule has 120 valence electrons. The lowest BCUT2D eigenvalue weighted by atomic mass is 9.90. The number of aryl methyl sites for hydroxylation is 1. The number of carbonyl (C=O) groups excluding carboxylic acids is 2. The fourth-order valence-electron chi connectivity index (χ4n) is 2.98. The van der Waals surface area contributed by atoms with Gasteiger partial charge in [0.15, 0.2) is 0 Å². The second-order valence-electron chi connectivity index (χ2n) is 6.13. The predicted octanol–water partition coefficient (Wildman–Crippen LogP) is 2.83. The quantitative estimate of drug-likeness (QED) is 0.906. The highest BCUT2D eigenvalue weighted by Gasteiger charge is 2.24. The van der Waals surface area contributed by atoms with E-state index in [1.165, 1.54) is 28.2 Å². The van der Waals surface area contributed by atoms with Crippen molar-refractivity contribution in [2.75, 3.05) is 0 Å². The van der Waals surface area contributed by atoms with Crippen LogP contribution >= 0.6 is 11.3 Å². The Hall–Kier alpha value is -2.14. The van der Waals surface area contributed by atoms with Gasteiger partial charge in [-0.2, -0.15) is 0 Å². The van der Waals surface area contributed by atoms with Gasteiger partial charge in [0.1, 0.15) is 6.04 Å². The molecule has 2 atom stereocenters. The Kier molecular flexibility index (Phi) is 4.48. The summed E-state index contributed by atoms with van der Waals surface area (Å²) in [7, 11) is 0. The van der Waals surface area contributed by atoms with Crippen molar-refractivity contribution in [1.29, 1.82) is 0 Å². The number of thiophene rings is 1. The normalized spacial score (nSPS) is 18.0. The van der Waals surface area contributed by atoms with Gasteiger partial charge in [-0.15, -0.1) is 11.3 Å². The maximum Gasteiger partial charge on any atom is 0.262 e. The van der Waals surface area contributed by atoms with E-state index in [4.69, 9.17) is 5.73 Å². The molecular weight excluding hydrogens is 308 g/mol. The van der Waals surface area contributed by atoms with Gasteiger partial charge in [0.25, 0.3) is 5.91 Å². The molecule has 3 rings (SSSR count). The van der Waals surface area contributed by atoms with Crippen molar-refractivity contribution in [2.45, 2.75) is 32.2 Å². The maximum absolute atomic E-state index is 12.5. The Bertz CT molecular complexity index is 724. The third kappa shape index (κ3) is 3.45. The summed E-state index contributed by atoms with van der Waals surface area (Å²) in [6.45, 7) is 2.23. The Morgan fingerprint density at radius 2 is 2.04 bits per heavy atom. The van der Waals surface area contributed by atoms with E-state index in [0.29, 0.717) is 16.4 Å². The van der Waals surface area contributed by atoms with Gasteiger partial charge >= 0.3 is 0 Å². The molecule has 1 aliphatic carbocycles. The van der Waals surface area contributed by atoms with Crippen LogP contribution in [0.5, 0.6) is 0 Å². The van der Waals surface area contributed by atoms with Crippen LogP contribution in [0.15, 0.2) is 36.4 Å². The molecule has 23 heavy (non-hydrogen) atoms. The third-order valence-corrected chi connectivity index (χ3v) is 5.48. The van der Waals surface area contributed by atoms with Gasteiger partial charge in [0, 0.05) is 4.88 Å². The summed E-state index contributed by atoms with van der Waals surface area (Å²) >= 11 is 1.53. The second kappa shape index (κ2) is 6.54. The van der Waals surface area contributed by atoms with Crippen LogP contribution in [-0.2, 0) is 17.6 Å². The first-order chi connectivity index (χ1) is 11.0. The molecule has 0 bridgehead atoms. The number of nitrogens with one attached hydrogen (secondary N) is 1. The fraction of sp³-hybridized carbons (Fsp3) is 0.333. The summed E-state index contributed by atoms with van der Waals surface area (Å²) in [4.78, 5) is 26.2. The first-order valence-corrected chi connectivity index (χ1v) is 8.63. The van der Waals surface area contributed by atoms with Crippen molar-refractivity contribution < 1.29 is 9.59 Å². The Balaban J connectivity index is 1.79. The van der Waals surface area contributed by atoms with Crippen molar-refractivity contribution in [3.8, 4) is 0 Å². The summed E-state index contributed by atoms with van der Waals surface area (Å²) in [5.41, 5.74) is 7.43. The first-order valence-electron chi connectivity index (χ1n) is 7.81. The number of primary amides is 1. The van der Waals surface area contributed by atoms with Gasteiger partial charge in [0.2, 0.25) is 5.91 Å². The van der Waals surface area contributed by atoms with Crippen LogP contribution in [-0.4, -0.2) is 11.8 Å². The number of amides is 2. The minimum absolute atomic E-state index is 0.232. The van der Waals surface area contributed by atoms with Crippen molar-refractivity contribution in [3.63, 3.8) is 0 Å². The van der Waals surface area contributed by atoms with E-state index in [2.05, 4.69) is 12.2 Å². The number of fused-ring (bicyclic) bond motifs is 1. The number of carbonyl (C=O) groups is 2. The molecule has 2 unspecified atom stereocenters. The van der Waals surface area contributed by atoms with E-state index >= 15 is 0 Å². The molecule has 0 fully saturated rings. The highest BCUT2D eigenvalue weighted by Crippen LogP contribution is 2.32. The molecule has 0 aliphatic heterocycles. The lowest BCUT2D eigenvalue weighted by molar-refractivity contribution is -0.120. The van der Waals surface area contributed by atoms with Crippen LogP contribution in [0.4, 0.5) is 0 Å². The number of nitrogens with two attached hydrogens (primary N) is 1. The number of hydrogen-bond acceptors (Lipinski definition) is 3. The molecule has 2 aromatic rings. The van der Waals surface area contributed by atoms with E-state index in [0.717, 1.165) is 12.8 Å². The highest BCUT2D eigenvalue weighted by molar-refractivity contribution is 7.14. The molecule has 1 aliphatic rings. The van der Waals surface area contributed by atoms with E-state index in [9.17, 15) is 9.59 Å². The van der Waals surface area contributed by atoms with Gasteiger partial charge in [-0.3, -0.25) is 9.59 Å². The topological polar surface area (TPSA) is 72.2 Å². The molecular formula is C18H20N2O2S. The summed E-state index contributed by atoms with van der Waals surface area (Å²) in [6, 6.07) is 10.2. The smallest absolute Gasteiger partial charge is 0.262 e. The van der Waals surface area contributed by atoms with Gasteiger partial charge in [-0.25, -0.2) is 0 Å². The van der Waals surface area contributed by atoms with Crippen molar-refractivity contribution >= 4 is 23.2 Å². The van der Waals surface area contributed by atoms with Crippen LogP contribution in [0, 0.1) is 5.92 Å². The average molecular weight is 328 g/mol. The average Bonchev–Trinajstić information content (AvgIpc) is 2.96. The van der Waals surface area contributed by atoms with Crippen LogP contribution in [0.25, 0.3) is 0 Å². The zero-order valence-electron chi connectivity index (χ0n) is 13.0. The van der Waals surface area contributed by atoms with Crippen molar-refractivity contribution in [3.05, 3.63) is 57.3 Å². The molecule has 1 aromatic heterocycles. The Labute approximate surface area is 139 Å². The molecule has 1 heterocycles. The van der Waals surface area contributed by atoms with Crippen LogP contribution < -0.4 is 11.1 Å². The standard InChI is InChI=1S/C18H20N2O2S/c1-11-7-8-14-13(9-11)10-15(23-14)18(22)20-16(17(19)21)12-5-3-2-4-6-12/h2-6,10-11,16H,7-9H2,1H3,(H2,19,21)(H,20,22). The highest BCUT2D eigenvalue weighted by atomic mass is 32.1. The fourth-order valence-corrected chi connectivity index (χ4v) is 4.10. The zero-order chi connectivity index (χ0) is 16.4. The minimum atomic E-state index is -0.804. The molecule has 4 nitrogen and oxygen atoms in total. The summed E-state index contributed by atoms with van der Waals surface area (Å²) in [5.74, 6) is -0.125. The number of rotatable bonds is 4. The van der Waals surface area contributed by atoms with E-state index in [-0.39, 0.29) is 5.91 Å². The summed E-state index contributed by atoms with van der Waals surface area (Å²) in [5, 5.41) is 2.77. The molecule has 2 amide bonds. The van der Waals surface area contributed by atoms with Crippen molar-refractivity contribution in [1.82, 2.24) is 5.32 Å². The largest absolute Gasteiger partial charge is 0.368 e. The molecule has 0 radical (unpaired) electrons. The zero-order valence-corrected chi connectivity index (χ0v) is 13.9. The Morgan fingerprint density at radius 1 is 1.30 bits per heavy atom.